The number of carboxylic acid groups (broad SMARTS) is 1. The summed E-state index contributed by atoms with van der Waals surface area (Å²) >= 11 is 0. The number of carbonyl (C=O) groups is 3. The molecule has 0 heterocycles. The number of hydrogen-bond donors (Lipinski definition) is 0. The summed E-state index contributed by atoms with van der Waals surface area (Å²) in [6, 6.07) is 0. The van der Waals surface area contributed by atoms with Gasteiger partial charge in [-0.1, -0.05) is 33.6 Å². The van der Waals surface area contributed by atoms with Gasteiger partial charge in [0.05, 0.1) is 12.4 Å². The van der Waals surface area contributed by atoms with Crippen molar-refractivity contribution in [2.75, 3.05) is 0 Å². The number of aliphatic carboxylic acids is 1. The van der Waals surface area contributed by atoms with Gasteiger partial charge >= 0.3 is 11.9 Å². The van der Waals surface area contributed by atoms with Crippen molar-refractivity contribution in [3.8, 4) is 0 Å². The smallest absolute Gasteiger partial charge is 0.319 e. The van der Waals surface area contributed by atoms with Crippen LogP contribution in [0.25, 0.3) is 0 Å². The molecule has 15 heavy (non-hydrogen) atoms. The van der Waals surface area contributed by atoms with E-state index in [9.17, 15) is 19.5 Å². The monoisotopic (exact) mass is 217 g/mol. The molecule has 0 atom stereocenters. The van der Waals surface area contributed by atoms with E-state index in [0.29, 0.717) is 0 Å². The summed E-state index contributed by atoms with van der Waals surface area (Å²) in [6.45, 7) is 5.86. The summed E-state index contributed by atoms with van der Waals surface area (Å²) < 4.78 is 4.01. The minimum absolute atomic E-state index is 0.0405. The van der Waals surface area contributed by atoms with Crippen molar-refractivity contribution in [3.05, 3.63) is 0 Å². The average molecular weight is 217 g/mol. The molecule has 0 bridgehead atoms. The van der Waals surface area contributed by atoms with E-state index in [1.54, 1.807) is 0 Å². The maximum Gasteiger partial charge on any atom is 0.319 e. The highest BCUT2D eigenvalue weighted by Gasteiger charge is 2.07. The summed E-state index contributed by atoms with van der Waals surface area (Å²) in [5, 5.41) is 9.76. The Labute approximate surface area is 89.4 Å². The van der Waals surface area contributed by atoms with E-state index >= 15 is 0 Å². The van der Waals surface area contributed by atoms with Crippen LogP contribution in [-0.4, -0.2) is 17.9 Å². The van der Waals surface area contributed by atoms with Crippen LogP contribution in [0.5, 0.6) is 0 Å². The van der Waals surface area contributed by atoms with E-state index in [0.717, 1.165) is 0 Å². The molecule has 0 aromatic heterocycles. The van der Waals surface area contributed by atoms with Crippen molar-refractivity contribution in [3.63, 3.8) is 0 Å². The van der Waals surface area contributed by atoms with E-state index in [4.69, 9.17) is 0 Å². The fourth-order valence-corrected chi connectivity index (χ4v) is 0.353. The molecule has 0 spiro atoms. The van der Waals surface area contributed by atoms with E-state index in [1.165, 1.54) is 19.8 Å². The molecule has 0 aromatic carbocycles. The number of hydrogen-bond acceptors (Lipinski definition) is 5. The third-order valence-electron chi connectivity index (χ3n) is 1.31. The van der Waals surface area contributed by atoms with E-state index in [-0.39, 0.29) is 6.42 Å². The normalized spacial score (nSPS) is 8.47. The summed E-state index contributed by atoms with van der Waals surface area (Å²) in [5.74, 6) is -3.38. The van der Waals surface area contributed by atoms with Crippen molar-refractivity contribution >= 4 is 17.9 Å². The molecule has 0 aliphatic rings. The Kier molecular flexibility index (Phi) is 11.4. The zero-order valence-electron chi connectivity index (χ0n) is 9.37. The highest BCUT2D eigenvalue weighted by Crippen LogP contribution is 1.88. The van der Waals surface area contributed by atoms with Gasteiger partial charge in [-0.2, -0.15) is 0 Å². The second-order valence-electron chi connectivity index (χ2n) is 2.75. The Morgan fingerprint density at radius 3 is 1.73 bits per heavy atom. The molecular formula is C10H17O5-. The van der Waals surface area contributed by atoms with Gasteiger partial charge in [0.25, 0.3) is 0 Å². The fraction of sp³-hybridized carbons (Fsp3) is 0.700. The molecule has 0 aromatic rings. The zero-order valence-corrected chi connectivity index (χ0v) is 9.37. The van der Waals surface area contributed by atoms with Gasteiger partial charge in [-0.15, -0.1) is 0 Å². The van der Waals surface area contributed by atoms with Crippen LogP contribution in [-0.2, 0) is 19.1 Å². The molecule has 0 amide bonds. The van der Waals surface area contributed by atoms with Crippen molar-refractivity contribution in [2.24, 2.45) is 0 Å². The largest absolute Gasteiger partial charge is 0.550 e. The third kappa shape index (κ3) is 15.4. The molecule has 0 fully saturated rings. The Bertz CT molecular complexity index is 208. The molecule has 0 saturated heterocycles. The lowest BCUT2D eigenvalue weighted by atomic mass is 10.4. The van der Waals surface area contributed by atoms with Crippen LogP contribution in [0, 0.1) is 0 Å². The number of ether oxygens (including phenoxy) is 1. The Hall–Kier alpha value is -1.39. The lowest BCUT2D eigenvalue weighted by molar-refractivity contribution is -0.305. The van der Waals surface area contributed by atoms with Crippen molar-refractivity contribution < 1.29 is 24.2 Å². The van der Waals surface area contributed by atoms with Gasteiger partial charge in [0, 0.05) is 6.42 Å². The van der Waals surface area contributed by atoms with Crippen LogP contribution in [0.3, 0.4) is 0 Å². The highest BCUT2D eigenvalue weighted by atomic mass is 16.6. The van der Waals surface area contributed by atoms with Crippen LogP contribution in [0.2, 0.25) is 0 Å². The minimum Gasteiger partial charge on any atom is -0.550 e. The molecule has 0 aliphatic carbocycles. The number of carboxylic acids is 1. The van der Waals surface area contributed by atoms with Crippen molar-refractivity contribution in [2.45, 2.75) is 46.5 Å². The molecule has 0 saturated carbocycles. The average Bonchev–Trinajstić information content (AvgIpc) is 2.16. The van der Waals surface area contributed by atoms with Crippen LogP contribution in [0.4, 0.5) is 0 Å². The van der Waals surface area contributed by atoms with Gasteiger partial charge in [-0.25, -0.2) is 0 Å². The molecule has 88 valence electrons. The van der Waals surface area contributed by atoms with Crippen molar-refractivity contribution in [1.29, 1.82) is 0 Å². The summed E-state index contributed by atoms with van der Waals surface area (Å²) in [5.41, 5.74) is 0. The van der Waals surface area contributed by atoms with Crippen molar-refractivity contribution in [1.82, 2.24) is 0 Å². The number of rotatable bonds is 4. The molecule has 0 N–H and O–H groups in total. The molecule has 0 aliphatic heterocycles. The Morgan fingerprint density at radius 1 is 1.00 bits per heavy atom. The molecule has 5 heteroatoms. The summed E-state index contributed by atoms with van der Waals surface area (Å²) in [4.78, 5) is 30.5. The molecule has 0 unspecified atom stereocenters. The van der Waals surface area contributed by atoms with Gasteiger partial charge in [0.2, 0.25) is 0 Å². The quantitative estimate of drug-likeness (QED) is 0.503. The van der Waals surface area contributed by atoms with Gasteiger partial charge in [0.1, 0.15) is 0 Å². The van der Waals surface area contributed by atoms with Gasteiger partial charge in [0.15, 0.2) is 0 Å². The van der Waals surface area contributed by atoms with Crippen LogP contribution in [0.15, 0.2) is 0 Å². The topological polar surface area (TPSA) is 83.5 Å². The maximum atomic E-state index is 10.4. The molecule has 5 nitrogen and oxygen atoms in total. The van der Waals surface area contributed by atoms with E-state index in [2.05, 4.69) is 18.6 Å². The summed E-state index contributed by atoms with van der Waals surface area (Å²) in [7, 11) is 0. The zero-order chi connectivity index (χ0) is 12.3. The number of carbonyl (C=O) groups excluding carboxylic acids is 3. The second-order valence-corrected chi connectivity index (χ2v) is 2.75. The molecular weight excluding hydrogens is 200 g/mol. The second kappa shape index (κ2) is 10.7. The lowest BCUT2D eigenvalue weighted by Crippen LogP contribution is -2.27. The standard InChI is InChI=1S/C6H8O5.C4H10/c1-2-5(9)11-6(10)3-4(7)8;1-3-4-2/h2-3H2,1H3,(H,7,8);3-4H2,1-2H3/p-1. The SMILES string of the molecule is CCC(=O)OC(=O)CC(=O)[O-].CCCC. The fourth-order valence-electron chi connectivity index (χ4n) is 0.353. The highest BCUT2D eigenvalue weighted by molar-refractivity contribution is 5.94. The first kappa shape index (κ1) is 16.1. The van der Waals surface area contributed by atoms with Crippen LogP contribution in [0.1, 0.15) is 46.5 Å². The number of unbranched alkanes of at least 4 members (excludes halogenated alkanes) is 1. The van der Waals surface area contributed by atoms with Gasteiger partial charge < -0.3 is 14.6 Å². The third-order valence-corrected chi connectivity index (χ3v) is 1.31. The van der Waals surface area contributed by atoms with E-state index < -0.39 is 24.3 Å². The summed E-state index contributed by atoms with van der Waals surface area (Å²) in [6.07, 6.45) is 1.80. The van der Waals surface area contributed by atoms with Gasteiger partial charge in [-0.05, 0) is 0 Å². The van der Waals surface area contributed by atoms with Crippen LogP contribution < -0.4 is 5.11 Å². The van der Waals surface area contributed by atoms with Gasteiger partial charge in [-0.3, -0.25) is 9.59 Å². The molecule has 0 rings (SSSR count). The van der Waals surface area contributed by atoms with Crippen LogP contribution >= 0.6 is 0 Å². The Morgan fingerprint density at radius 2 is 1.47 bits per heavy atom. The first-order valence-electron chi connectivity index (χ1n) is 4.91. The lowest BCUT2D eigenvalue weighted by Gasteiger charge is -2.00. The maximum absolute atomic E-state index is 10.4. The predicted molar refractivity (Wildman–Crippen MR) is 51.6 cm³/mol. The number of esters is 2. The first-order valence-corrected chi connectivity index (χ1v) is 4.91. The first-order chi connectivity index (χ1) is 6.97. The minimum atomic E-state index is -1.56. The predicted octanol–water partition coefficient (Wildman–Crippen LogP) is 0.413. The Balaban J connectivity index is 0. The van der Waals surface area contributed by atoms with E-state index in [1.807, 2.05) is 0 Å². The molecule has 0 radical (unpaired) electrons.